The fourth-order valence-corrected chi connectivity index (χ4v) is 1.86. The van der Waals surface area contributed by atoms with Gasteiger partial charge in [0.2, 0.25) is 5.91 Å². The van der Waals surface area contributed by atoms with Crippen LogP contribution in [-0.4, -0.2) is 30.4 Å². The first-order valence-corrected chi connectivity index (χ1v) is 6.88. The highest BCUT2D eigenvalue weighted by molar-refractivity contribution is 5.97. The van der Waals surface area contributed by atoms with Crippen molar-refractivity contribution in [1.82, 2.24) is 5.32 Å². The van der Waals surface area contributed by atoms with E-state index >= 15 is 0 Å². The molecule has 0 spiro atoms. The summed E-state index contributed by atoms with van der Waals surface area (Å²) in [6, 6.07) is 4.28. The third kappa shape index (κ3) is 4.83. The van der Waals surface area contributed by atoms with E-state index in [0.717, 1.165) is 6.07 Å². The van der Waals surface area contributed by atoms with Crippen LogP contribution in [0.1, 0.15) is 30.6 Å². The molecule has 0 aliphatic heterocycles. The summed E-state index contributed by atoms with van der Waals surface area (Å²) in [6.07, 6.45) is -0.0195. The Morgan fingerprint density at radius 3 is 2.50 bits per heavy atom. The molecule has 22 heavy (non-hydrogen) atoms. The monoisotopic (exact) mass is 310 g/mol. The second-order valence-corrected chi connectivity index (χ2v) is 4.80. The molecule has 3 N–H and O–H groups in total. The minimum Gasteiger partial charge on any atom is -0.466 e. The number of carbonyl (C=O) groups excluding carboxylic acids is 3. The molecule has 2 amide bonds. The smallest absolute Gasteiger partial charge is 0.308 e. The van der Waals surface area contributed by atoms with E-state index in [2.05, 4.69) is 5.32 Å². The lowest BCUT2D eigenvalue weighted by atomic mass is 10.0. The van der Waals surface area contributed by atoms with E-state index in [1.165, 1.54) is 18.2 Å². The summed E-state index contributed by atoms with van der Waals surface area (Å²) in [7, 11) is 0. The first-order valence-electron chi connectivity index (χ1n) is 6.88. The summed E-state index contributed by atoms with van der Waals surface area (Å²) in [5, 5.41) is 2.34. The van der Waals surface area contributed by atoms with Gasteiger partial charge in [-0.15, -0.1) is 0 Å². The van der Waals surface area contributed by atoms with Gasteiger partial charge in [0.05, 0.1) is 18.1 Å². The maximum Gasteiger partial charge on any atom is 0.308 e. The highest BCUT2D eigenvalue weighted by Gasteiger charge is 2.26. The third-order valence-corrected chi connectivity index (χ3v) is 3.05. The summed E-state index contributed by atoms with van der Waals surface area (Å²) in [4.78, 5) is 35.0. The summed E-state index contributed by atoms with van der Waals surface area (Å²) in [5.74, 6) is -3.40. The molecule has 0 aromatic heterocycles. The average molecular weight is 310 g/mol. The molecule has 1 aromatic rings. The Morgan fingerprint density at radius 2 is 1.95 bits per heavy atom. The van der Waals surface area contributed by atoms with E-state index < -0.39 is 35.6 Å². The molecule has 0 aliphatic carbocycles. The van der Waals surface area contributed by atoms with E-state index in [4.69, 9.17) is 10.5 Å². The molecule has 0 saturated heterocycles. The number of primary amides is 1. The molecule has 120 valence electrons. The molecule has 0 heterocycles. The van der Waals surface area contributed by atoms with E-state index in [0.29, 0.717) is 0 Å². The van der Waals surface area contributed by atoms with Gasteiger partial charge in [0.1, 0.15) is 11.9 Å². The number of carbonyl (C=O) groups is 3. The fourth-order valence-electron chi connectivity index (χ4n) is 1.86. The number of hydrogen-bond acceptors (Lipinski definition) is 4. The number of halogens is 1. The Morgan fingerprint density at radius 1 is 1.32 bits per heavy atom. The van der Waals surface area contributed by atoms with Crippen LogP contribution in [-0.2, 0) is 14.3 Å². The molecule has 2 atom stereocenters. The second-order valence-electron chi connectivity index (χ2n) is 4.80. The van der Waals surface area contributed by atoms with Crippen molar-refractivity contribution < 1.29 is 23.5 Å². The van der Waals surface area contributed by atoms with Gasteiger partial charge < -0.3 is 15.8 Å². The quantitative estimate of drug-likeness (QED) is 0.734. The molecule has 0 saturated carbocycles. The van der Waals surface area contributed by atoms with Crippen molar-refractivity contribution in [2.24, 2.45) is 11.7 Å². The maximum atomic E-state index is 13.5. The number of nitrogens with one attached hydrogen (secondary N) is 1. The number of ether oxygens (including phenoxy) is 1. The van der Waals surface area contributed by atoms with Crippen molar-refractivity contribution in [3.05, 3.63) is 35.6 Å². The summed E-state index contributed by atoms with van der Waals surface area (Å²) in [5.41, 5.74) is 5.03. The lowest BCUT2D eigenvalue weighted by Gasteiger charge is -2.19. The Labute approximate surface area is 127 Å². The zero-order valence-corrected chi connectivity index (χ0v) is 12.5. The number of esters is 1. The predicted molar refractivity (Wildman–Crippen MR) is 77.3 cm³/mol. The lowest BCUT2D eigenvalue weighted by Crippen LogP contribution is -2.46. The molecule has 1 rings (SSSR count). The molecule has 1 aromatic carbocycles. The Kier molecular flexibility index (Phi) is 6.49. The van der Waals surface area contributed by atoms with Gasteiger partial charge in [0.25, 0.3) is 5.91 Å². The molecule has 0 unspecified atom stereocenters. The Hall–Kier alpha value is -2.44. The van der Waals surface area contributed by atoms with Crippen LogP contribution >= 0.6 is 0 Å². The van der Waals surface area contributed by atoms with Crippen LogP contribution in [0.4, 0.5) is 4.39 Å². The van der Waals surface area contributed by atoms with Gasteiger partial charge in [-0.3, -0.25) is 14.4 Å². The van der Waals surface area contributed by atoms with Gasteiger partial charge in [-0.05, 0) is 25.5 Å². The maximum absolute atomic E-state index is 13.5. The van der Waals surface area contributed by atoms with E-state index in [1.807, 2.05) is 0 Å². The molecule has 7 heteroatoms. The van der Waals surface area contributed by atoms with Gasteiger partial charge in [0, 0.05) is 0 Å². The van der Waals surface area contributed by atoms with Crippen LogP contribution < -0.4 is 11.1 Å². The van der Waals surface area contributed by atoms with Gasteiger partial charge >= 0.3 is 5.97 Å². The van der Waals surface area contributed by atoms with Crippen LogP contribution in [0, 0.1) is 11.7 Å². The molecule has 0 fully saturated rings. The van der Waals surface area contributed by atoms with Crippen molar-refractivity contribution in [3.63, 3.8) is 0 Å². The Bertz CT molecular complexity index is 562. The lowest BCUT2D eigenvalue weighted by molar-refractivity contribution is -0.147. The van der Waals surface area contributed by atoms with Crippen molar-refractivity contribution in [2.45, 2.75) is 26.3 Å². The number of hydrogen-bond donors (Lipinski definition) is 2. The van der Waals surface area contributed by atoms with E-state index in [9.17, 15) is 18.8 Å². The van der Waals surface area contributed by atoms with Gasteiger partial charge in [0.15, 0.2) is 0 Å². The minimum atomic E-state index is -1.09. The highest BCUT2D eigenvalue weighted by Crippen LogP contribution is 2.11. The molecule has 0 bridgehead atoms. The topological polar surface area (TPSA) is 98.5 Å². The first-order chi connectivity index (χ1) is 10.4. The Balaban J connectivity index is 2.77. The van der Waals surface area contributed by atoms with Crippen molar-refractivity contribution in [2.75, 3.05) is 6.61 Å². The SMILES string of the molecule is CCOC(=O)[C@@H](C)C[C@H](NC(=O)c1ccccc1F)C(N)=O. The van der Waals surface area contributed by atoms with Crippen molar-refractivity contribution >= 4 is 17.8 Å². The number of benzene rings is 1. The number of nitrogens with two attached hydrogens (primary N) is 1. The molecular formula is C15H19FN2O4. The zero-order valence-electron chi connectivity index (χ0n) is 12.5. The fraction of sp³-hybridized carbons (Fsp3) is 0.400. The number of amides is 2. The predicted octanol–water partition coefficient (Wildman–Crippen LogP) is 0.999. The first kappa shape index (κ1) is 17.6. The highest BCUT2D eigenvalue weighted by atomic mass is 19.1. The second kappa shape index (κ2) is 8.11. The average Bonchev–Trinajstić information content (AvgIpc) is 2.46. The van der Waals surface area contributed by atoms with Crippen LogP contribution in [0.15, 0.2) is 24.3 Å². The van der Waals surface area contributed by atoms with E-state index in [1.54, 1.807) is 13.8 Å². The third-order valence-electron chi connectivity index (χ3n) is 3.05. The van der Waals surface area contributed by atoms with Crippen LogP contribution in [0.25, 0.3) is 0 Å². The minimum absolute atomic E-state index is 0.0195. The largest absolute Gasteiger partial charge is 0.466 e. The number of rotatable bonds is 7. The van der Waals surface area contributed by atoms with Crippen molar-refractivity contribution in [3.8, 4) is 0 Å². The summed E-state index contributed by atoms with van der Waals surface area (Å²) in [6.45, 7) is 3.44. The van der Waals surface area contributed by atoms with Crippen LogP contribution in [0.3, 0.4) is 0 Å². The molecular weight excluding hydrogens is 291 g/mol. The van der Waals surface area contributed by atoms with Gasteiger partial charge in [-0.2, -0.15) is 0 Å². The molecule has 0 aliphatic rings. The van der Waals surface area contributed by atoms with Crippen LogP contribution in [0.2, 0.25) is 0 Å². The van der Waals surface area contributed by atoms with E-state index in [-0.39, 0.29) is 18.6 Å². The van der Waals surface area contributed by atoms with Crippen LogP contribution in [0.5, 0.6) is 0 Å². The zero-order chi connectivity index (χ0) is 16.7. The van der Waals surface area contributed by atoms with Gasteiger partial charge in [-0.25, -0.2) is 4.39 Å². The summed E-state index contributed by atoms with van der Waals surface area (Å²) < 4.78 is 18.4. The molecule has 6 nitrogen and oxygen atoms in total. The normalized spacial score (nSPS) is 13.0. The molecule has 0 radical (unpaired) electrons. The van der Waals surface area contributed by atoms with Gasteiger partial charge in [-0.1, -0.05) is 19.1 Å². The van der Waals surface area contributed by atoms with Crippen molar-refractivity contribution in [1.29, 1.82) is 0 Å². The summed E-state index contributed by atoms with van der Waals surface area (Å²) >= 11 is 0. The standard InChI is InChI=1S/C15H19FN2O4/c1-3-22-15(21)9(2)8-12(13(17)19)18-14(20)10-6-4-5-7-11(10)16/h4-7,9,12H,3,8H2,1-2H3,(H2,17,19)(H,18,20)/t9-,12-/m0/s1.